The van der Waals surface area contributed by atoms with E-state index in [4.69, 9.17) is 9.15 Å². The Balaban J connectivity index is 1.59. The molecule has 0 aliphatic rings. The summed E-state index contributed by atoms with van der Waals surface area (Å²) in [5.41, 5.74) is 5.63. The number of nitrogens with one attached hydrogen (secondary N) is 1. The smallest absolute Gasteiger partial charge is 0.255 e. The number of hydrogen-bond acceptors (Lipinski definition) is 4. The number of anilines is 1. The molecule has 1 aromatic heterocycles. The van der Waals surface area contributed by atoms with Gasteiger partial charge < -0.3 is 14.5 Å². The molecule has 3 aromatic carbocycles. The molecule has 0 saturated heterocycles. The average molecular weight is 372 g/mol. The third-order valence-electron chi connectivity index (χ3n) is 4.47. The highest BCUT2D eigenvalue weighted by molar-refractivity contribution is 6.05. The quantitative estimate of drug-likeness (QED) is 0.523. The van der Waals surface area contributed by atoms with Crippen LogP contribution in [0.25, 0.3) is 22.6 Å². The highest BCUT2D eigenvalue weighted by atomic mass is 16.5. The van der Waals surface area contributed by atoms with Crippen LogP contribution in [0.2, 0.25) is 0 Å². The van der Waals surface area contributed by atoms with Crippen molar-refractivity contribution in [2.24, 2.45) is 0 Å². The number of rotatable bonds is 4. The van der Waals surface area contributed by atoms with Gasteiger partial charge in [-0.2, -0.15) is 0 Å². The number of ether oxygens (including phenoxy) is 1. The van der Waals surface area contributed by atoms with E-state index >= 15 is 0 Å². The number of benzene rings is 3. The van der Waals surface area contributed by atoms with E-state index < -0.39 is 0 Å². The Bertz CT molecular complexity index is 1140. The molecule has 1 amide bonds. The highest BCUT2D eigenvalue weighted by Crippen LogP contribution is 2.27. The molecule has 0 radical (unpaired) electrons. The Morgan fingerprint density at radius 1 is 0.964 bits per heavy atom. The van der Waals surface area contributed by atoms with Crippen LogP contribution in [0.3, 0.4) is 0 Å². The maximum Gasteiger partial charge on any atom is 0.255 e. The van der Waals surface area contributed by atoms with Gasteiger partial charge in [-0.25, -0.2) is 4.98 Å². The van der Waals surface area contributed by atoms with Crippen LogP contribution in [0.1, 0.15) is 21.5 Å². The van der Waals surface area contributed by atoms with Gasteiger partial charge in [0, 0.05) is 16.8 Å². The molecule has 0 saturated carbocycles. The number of carbonyl (C=O) groups is 1. The first-order chi connectivity index (χ1) is 13.5. The van der Waals surface area contributed by atoms with E-state index in [1.807, 2.05) is 74.5 Å². The zero-order chi connectivity index (χ0) is 19.7. The molecule has 0 unspecified atom stereocenters. The molecule has 1 heterocycles. The van der Waals surface area contributed by atoms with Gasteiger partial charge in [0.05, 0.1) is 7.11 Å². The Morgan fingerprint density at radius 3 is 2.36 bits per heavy atom. The molecule has 0 fully saturated rings. The van der Waals surface area contributed by atoms with E-state index in [1.54, 1.807) is 7.11 Å². The van der Waals surface area contributed by atoms with E-state index in [0.717, 1.165) is 22.4 Å². The number of carbonyl (C=O) groups excluding carboxylic acids is 1. The summed E-state index contributed by atoms with van der Waals surface area (Å²) in [6.45, 7) is 3.96. The normalized spacial score (nSPS) is 10.8. The number of nitrogens with zero attached hydrogens (tertiary/aromatic N) is 1. The second-order valence-electron chi connectivity index (χ2n) is 6.76. The average Bonchev–Trinajstić information content (AvgIpc) is 3.10. The number of oxazole rings is 1. The minimum atomic E-state index is -0.148. The molecule has 0 atom stereocenters. The summed E-state index contributed by atoms with van der Waals surface area (Å²) in [6, 6.07) is 18.7. The largest absolute Gasteiger partial charge is 0.497 e. The van der Waals surface area contributed by atoms with Crippen molar-refractivity contribution < 1.29 is 13.9 Å². The summed E-state index contributed by atoms with van der Waals surface area (Å²) in [5.74, 6) is 1.15. The van der Waals surface area contributed by atoms with E-state index in [-0.39, 0.29) is 5.91 Å². The third kappa shape index (κ3) is 3.60. The zero-order valence-electron chi connectivity index (χ0n) is 15.9. The van der Waals surface area contributed by atoms with Gasteiger partial charge in [-0.1, -0.05) is 17.2 Å². The van der Waals surface area contributed by atoms with Gasteiger partial charge in [0.25, 0.3) is 5.91 Å². The molecule has 28 heavy (non-hydrogen) atoms. The van der Waals surface area contributed by atoms with Crippen LogP contribution in [-0.4, -0.2) is 18.0 Å². The van der Waals surface area contributed by atoms with Crippen LogP contribution in [0.5, 0.6) is 5.75 Å². The summed E-state index contributed by atoms with van der Waals surface area (Å²) in [7, 11) is 1.63. The predicted molar refractivity (Wildman–Crippen MR) is 110 cm³/mol. The number of methoxy groups -OCH3 is 1. The first-order valence-electron chi connectivity index (χ1n) is 8.96. The number of fused-ring (bicyclic) bond motifs is 1. The first kappa shape index (κ1) is 17.8. The number of aromatic nitrogens is 1. The molecule has 0 aliphatic heterocycles. The van der Waals surface area contributed by atoms with Crippen molar-refractivity contribution in [3.8, 4) is 17.2 Å². The van der Waals surface area contributed by atoms with Gasteiger partial charge in [-0.05, 0) is 68.4 Å². The Labute approximate surface area is 163 Å². The van der Waals surface area contributed by atoms with Crippen LogP contribution in [0.4, 0.5) is 5.69 Å². The molecular weight excluding hydrogens is 352 g/mol. The maximum atomic E-state index is 12.6. The van der Waals surface area contributed by atoms with Crippen molar-refractivity contribution in [1.82, 2.24) is 4.98 Å². The van der Waals surface area contributed by atoms with Crippen LogP contribution < -0.4 is 10.1 Å². The maximum absolute atomic E-state index is 12.6. The number of aryl methyl sites for hydroxylation is 2. The minimum Gasteiger partial charge on any atom is -0.497 e. The lowest BCUT2D eigenvalue weighted by molar-refractivity contribution is 0.102. The molecule has 0 aliphatic carbocycles. The second kappa shape index (κ2) is 7.19. The molecule has 140 valence electrons. The number of amides is 1. The lowest BCUT2D eigenvalue weighted by Gasteiger charge is -2.07. The predicted octanol–water partition coefficient (Wildman–Crippen LogP) is 5.37. The van der Waals surface area contributed by atoms with E-state index in [9.17, 15) is 4.79 Å². The topological polar surface area (TPSA) is 64.4 Å². The van der Waals surface area contributed by atoms with Gasteiger partial charge in [0.15, 0.2) is 5.58 Å². The van der Waals surface area contributed by atoms with Crippen molar-refractivity contribution in [2.75, 3.05) is 12.4 Å². The Morgan fingerprint density at radius 2 is 1.68 bits per heavy atom. The fourth-order valence-corrected chi connectivity index (χ4v) is 3.17. The lowest BCUT2D eigenvalue weighted by atomic mass is 10.1. The minimum absolute atomic E-state index is 0.148. The zero-order valence-corrected chi connectivity index (χ0v) is 15.9. The SMILES string of the molecule is COc1ccc(-c2nc3cc(NC(=O)c4cc(C)cc(C)c4)ccc3o2)cc1. The van der Waals surface area contributed by atoms with Gasteiger partial charge >= 0.3 is 0 Å². The fourth-order valence-electron chi connectivity index (χ4n) is 3.17. The number of hydrogen-bond donors (Lipinski definition) is 1. The van der Waals surface area contributed by atoms with Crippen LogP contribution in [0.15, 0.2) is 65.1 Å². The lowest BCUT2D eigenvalue weighted by Crippen LogP contribution is -2.12. The van der Waals surface area contributed by atoms with Crippen molar-refractivity contribution >= 4 is 22.7 Å². The third-order valence-corrected chi connectivity index (χ3v) is 4.47. The Kier molecular flexibility index (Phi) is 4.57. The van der Waals surface area contributed by atoms with E-state index in [2.05, 4.69) is 10.3 Å². The van der Waals surface area contributed by atoms with Gasteiger partial charge in [0.2, 0.25) is 5.89 Å². The summed E-state index contributed by atoms with van der Waals surface area (Å²) in [5, 5.41) is 2.93. The second-order valence-corrected chi connectivity index (χ2v) is 6.76. The fraction of sp³-hybridized carbons (Fsp3) is 0.130. The van der Waals surface area contributed by atoms with Gasteiger partial charge in [-0.3, -0.25) is 4.79 Å². The molecule has 0 bridgehead atoms. The summed E-state index contributed by atoms with van der Waals surface area (Å²) in [6.07, 6.45) is 0. The summed E-state index contributed by atoms with van der Waals surface area (Å²) < 4.78 is 11.0. The van der Waals surface area contributed by atoms with Crippen LogP contribution >= 0.6 is 0 Å². The Hall–Kier alpha value is -3.60. The van der Waals surface area contributed by atoms with Crippen molar-refractivity contribution in [3.05, 3.63) is 77.4 Å². The monoisotopic (exact) mass is 372 g/mol. The first-order valence-corrected chi connectivity index (χ1v) is 8.96. The van der Waals surface area contributed by atoms with Crippen molar-refractivity contribution in [3.63, 3.8) is 0 Å². The van der Waals surface area contributed by atoms with Gasteiger partial charge in [-0.15, -0.1) is 0 Å². The van der Waals surface area contributed by atoms with Crippen molar-refractivity contribution in [1.29, 1.82) is 0 Å². The molecule has 0 spiro atoms. The highest BCUT2D eigenvalue weighted by Gasteiger charge is 2.11. The van der Waals surface area contributed by atoms with Crippen molar-refractivity contribution in [2.45, 2.75) is 13.8 Å². The summed E-state index contributed by atoms with van der Waals surface area (Å²) in [4.78, 5) is 17.1. The molecule has 5 nitrogen and oxygen atoms in total. The van der Waals surface area contributed by atoms with Crippen LogP contribution in [-0.2, 0) is 0 Å². The molecule has 5 heteroatoms. The standard InChI is InChI=1S/C23H20N2O3/c1-14-10-15(2)12-17(11-14)22(26)24-18-6-9-21-20(13-18)25-23(28-21)16-4-7-19(27-3)8-5-16/h4-13H,1-3H3,(H,24,26). The van der Waals surface area contributed by atoms with Crippen LogP contribution in [0, 0.1) is 13.8 Å². The van der Waals surface area contributed by atoms with E-state index in [1.165, 1.54) is 0 Å². The van der Waals surface area contributed by atoms with E-state index in [0.29, 0.717) is 28.2 Å². The molecule has 4 rings (SSSR count). The molecule has 1 N–H and O–H groups in total. The molecule has 4 aromatic rings. The molecular formula is C23H20N2O3. The summed E-state index contributed by atoms with van der Waals surface area (Å²) >= 11 is 0. The van der Waals surface area contributed by atoms with Gasteiger partial charge in [0.1, 0.15) is 11.3 Å².